The van der Waals surface area contributed by atoms with Gasteiger partial charge in [0.25, 0.3) is 0 Å². The van der Waals surface area contributed by atoms with Gasteiger partial charge in [0.05, 0.1) is 5.69 Å². The highest BCUT2D eigenvalue weighted by atomic mass is 79.9. The smallest absolute Gasteiger partial charge is 0.248 e. The topological polar surface area (TPSA) is 82.7 Å². The molecule has 1 unspecified atom stereocenters. The molecule has 2 aromatic rings. The summed E-state index contributed by atoms with van der Waals surface area (Å²) in [5, 5.41) is 6.79. The van der Waals surface area contributed by atoms with E-state index in [0.29, 0.717) is 18.2 Å². The van der Waals surface area contributed by atoms with Crippen LogP contribution in [0.1, 0.15) is 22.3 Å². The molecule has 1 atom stereocenters. The van der Waals surface area contributed by atoms with Crippen molar-refractivity contribution in [1.29, 1.82) is 0 Å². The molecule has 0 bridgehead atoms. The third-order valence-electron chi connectivity index (χ3n) is 4.62. The molecule has 142 valence electrons. The van der Waals surface area contributed by atoms with Crippen LogP contribution in [-0.4, -0.2) is 38.0 Å². The van der Waals surface area contributed by atoms with Crippen LogP contribution in [0.2, 0.25) is 0 Å². The van der Waals surface area contributed by atoms with Gasteiger partial charge in [0.15, 0.2) is 5.96 Å². The Morgan fingerprint density at radius 3 is 2.85 bits per heavy atom. The predicted molar refractivity (Wildman–Crippen MR) is 113 cm³/mol. The molecular formula is C20H24BrN5O. The van der Waals surface area contributed by atoms with Crippen LogP contribution in [-0.2, 0) is 6.54 Å². The van der Waals surface area contributed by atoms with Crippen LogP contribution in [0.3, 0.4) is 0 Å². The molecule has 1 aliphatic heterocycles. The highest BCUT2D eigenvalue weighted by molar-refractivity contribution is 9.10. The number of nitrogens with one attached hydrogen (secondary N) is 2. The Balaban J connectivity index is 1.55. The summed E-state index contributed by atoms with van der Waals surface area (Å²) in [6.07, 6.45) is 1.04. The zero-order chi connectivity index (χ0) is 19.2. The fourth-order valence-electron chi connectivity index (χ4n) is 3.21. The maximum atomic E-state index is 11.3. The Kier molecular flexibility index (Phi) is 6.34. The van der Waals surface area contributed by atoms with E-state index in [1.807, 2.05) is 18.2 Å². The largest absolute Gasteiger partial charge is 0.368 e. The average Bonchev–Trinajstić information content (AvgIpc) is 3.14. The molecule has 1 aliphatic rings. The summed E-state index contributed by atoms with van der Waals surface area (Å²) >= 11 is 3.63. The van der Waals surface area contributed by atoms with Crippen LogP contribution < -0.4 is 21.3 Å². The van der Waals surface area contributed by atoms with E-state index in [1.165, 1.54) is 5.69 Å². The van der Waals surface area contributed by atoms with E-state index in [4.69, 9.17) is 5.73 Å². The lowest BCUT2D eigenvalue weighted by Crippen LogP contribution is -2.44. The minimum absolute atomic E-state index is 0.320. The molecule has 1 saturated heterocycles. The molecular weight excluding hydrogens is 406 g/mol. The highest BCUT2D eigenvalue weighted by Gasteiger charge is 2.24. The van der Waals surface area contributed by atoms with Crippen molar-refractivity contribution in [3.63, 3.8) is 0 Å². The lowest BCUT2D eigenvalue weighted by Gasteiger charge is -2.21. The van der Waals surface area contributed by atoms with Crippen molar-refractivity contribution in [3.8, 4) is 0 Å². The first kappa shape index (κ1) is 19.2. The van der Waals surface area contributed by atoms with Gasteiger partial charge in [0.1, 0.15) is 0 Å². The minimum Gasteiger partial charge on any atom is -0.368 e. The predicted octanol–water partition coefficient (Wildman–Crippen LogP) is 2.49. The molecule has 6 nitrogen and oxygen atoms in total. The third kappa shape index (κ3) is 5.01. The van der Waals surface area contributed by atoms with Crippen molar-refractivity contribution >= 4 is 33.5 Å². The van der Waals surface area contributed by atoms with Gasteiger partial charge < -0.3 is 21.3 Å². The number of carbonyl (C=O) groups excluding carboxylic acids is 1. The van der Waals surface area contributed by atoms with Gasteiger partial charge in [-0.3, -0.25) is 9.79 Å². The Morgan fingerprint density at radius 2 is 2.11 bits per heavy atom. The van der Waals surface area contributed by atoms with Gasteiger partial charge in [-0.15, -0.1) is 0 Å². The standard InChI is InChI=1S/C20H24BrN5O/c1-23-20(24-12-14-5-4-6-15(11-14)19(22)27)25-16-9-10-26(13-16)18-8-3-2-7-17(18)21/h2-8,11,16H,9-10,12-13H2,1H3,(H2,22,27)(H2,23,24,25). The van der Waals surface area contributed by atoms with Crippen molar-refractivity contribution in [1.82, 2.24) is 10.6 Å². The quantitative estimate of drug-likeness (QED) is 0.503. The second kappa shape index (κ2) is 8.90. The number of hydrogen-bond acceptors (Lipinski definition) is 3. The van der Waals surface area contributed by atoms with Gasteiger partial charge in [-0.25, -0.2) is 0 Å². The van der Waals surface area contributed by atoms with E-state index in [0.717, 1.165) is 35.5 Å². The SMILES string of the molecule is CN=C(NCc1cccc(C(N)=O)c1)NC1CCN(c2ccccc2Br)C1. The van der Waals surface area contributed by atoms with E-state index >= 15 is 0 Å². The number of anilines is 1. The molecule has 1 fully saturated rings. The molecule has 1 amide bonds. The number of amides is 1. The zero-order valence-electron chi connectivity index (χ0n) is 15.3. The fraction of sp³-hybridized carbons (Fsp3) is 0.300. The first-order valence-electron chi connectivity index (χ1n) is 8.92. The van der Waals surface area contributed by atoms with E-state index in [1.54, 1.807) is 19.2 Å². The van der Waals surface area contributed by atoms with E-state index in [2.05, 4.69) is 54.7 Å². The van der Waals surface area contributed by atoms with Crippen molar-refractivity contribution < 1.29 is 4.79 Å². The van der Waals surface area contributed by atoms with Gasteiger partial charge in [0, 0.05) is 42.8 Å². The molecule has 0 aromatic heterocycles. The summed E-state index contributed by atoms with van der Waals surface area (Å²) < 4.78 is 1.11. The number of rotatable bonds is 5. The maximum Gasteiger partial charge on any atom is 0.248 e. The Morgan fingerprint density at radius 1 is 1.30 bits per heavy atom. The Bertz CT molecular complexity index is 839. The van der Waals surface area contributed by atoms with E-state index in [9.17, 15) is 4.79 Å². The van der Waals surface area contributed by atoms with Gasteiger partial charge in [0.2, 0.25) is 5.91 Å². The highest BCUT2D eigenvalue weighted by Crippen LogP contribution is 2.28. The maximum absolute atomic E-state index is 11.3. The lowest BCUT2D eigenvalue weighted by atomic mass is 10.1. The molecule has 0 saturated carbocycles. The Labute approximate surface area is 168 Å². The third-order valence-corrected chi connectivity index (χ3v) is 5.29. The number of aliphatic imine (C=N–C) groups is 1. The van der Waals surface area contributed by atoms with Crippen LogP contribution in [0.4, 0.5) is 5.69 Å². The lowest BCUT2D eigenvalue weighted by molar-refractivity contribution is 0.1000. The van der Waals surface area contributed by atoms with Crippen molar-refractivity contribution in [2.45, 2.75) is 19.0 Å². The number of carbonyl (C=O) groups is 1. The first-order chi connectivity index (χ1) is 13.1. The number of benzene rings is 2. The first-order valence-corrected chi connectivity index (χ1v) is 9.71. The summed E-state index contributed by atoms with van der Waals surface area (Å²) in [4.78, 5) is 18.0. The molecule has 0 spiro atoms. The van der Waals surface area contributed by atoms with Crippen LogP contribution in [0.5, 0.6) is 0 Å². The second-order valence-corrected chi connectivity index (χ2v) is 7.37. The molecule has 2 aromatic carbocycles. The number of para-hydroxylation sites is 1. The summed E-state index contributed by atoms with van der Waals surface area (Å²) in [6.45, 7) is 2.49. The van der Waals surface area contributed by atoms with Gasteiger partial charge in [-0.2, -0.15) is 0 Å². The summed E-state index contributed by atoms with van der Waals surface area (Å²) in [5.74, 6) is 0.330. The van der Waals surface area contributed by atoms with E-state index in [-0.39, 0.29) is 0 Å². The van der Waals surface area contributed by atoms with Gasteiger partial charge in [-0.1, -0.05) is 24.3 Å². The number of nitrogens with zero attached hydrogens (tertiary/aromatic N) is 2. The van der Waals surface area contributed by atoms with Crippen LogP contribution in [0.25, 0.3) is 0 Å². The number of nitrogens with two attached hydrogens (primary N) is 1. The number of hydrogen-bond donors (Lipinski definition) is 3. The monoisotopic (exact) mass is 429 g/mol. The molecule has 7 heteroatoms. The summed E-state index contributed by atoms with van der Waals surface area (Å²) in [7, 11) is 1.76. The molecule has 3 rings (SSSR count). The summed E-state index contributed by atoms with van der Waals surface area (Å²) in [6, 6.07) is 15.9. The van der Waals surface area contributed by atoms with Crippen LogP contribution in [0, 0.1) is 0 Å². The zero-order valence-corrected chi connectivity index (χ0v) is 16.9. The Hall–Kier alpha value is -2.54. The van der Waals surface area contributed by atoms with Gasteiger partial charge >= 0.3 is 0 Å². The average molecular weight is 430 g/mol. The van der Waals surface area contributed by atoms with E-state index < -0.39 is 5.91 Å². The molecule has 1 heterocycles. The van der Waals surface area contributed by atoms with Crippen LogP contribution in [0.15, 0.2) is 58.0 Å². The van der Waals surface area contributed by atoms with Crippen molar-refractivity contribution in [2.24, 2.45) is 10.7 Å². The van der Waals surface area contributed by atoms with Crippen molar-refractivity contribution in [2.75, 3.05) is 25.0 Å². The van der Waals surface area contributed by atoms with Crippen LogP contribution >= 0.6 is 15.9 Å². The molecule has 4 N–H and O–H groups in total. The number of halogens is 1. The molecule has 0 radical (unpaired) electrons. The van der Waals surface area contributed by atoms with Crippen molar-refractivity contribution in [3.05, 3.63) is 64.1 Å². The fourth-order valence-corrected chi connectivity index (χ4v) is 3.75. The molecule has 0 aliphatic carbocycles. The number of primary amides is 1. The minimum atomic E-state index is -0.419. The summed E-state index contributed by atoms with van der Waals surface area (Å²) in [5.41, 5.74) is 8.05. The second-order valence-electron chi connectivity index (χ2n) is 6.52. The molecule has 27 heavy (non-hydrogen) atoms. The van der Waals surface area contributed by atoms with Gasteiger partial charge in [-0.05, 0) is 52.2 Å². The number of guanidine groups is 1. The normalized spacial score (nSPS) is 17.0.